The number of hydrogen-bond donors (Lipinski definition) is 0. The van der Waals surface area contributed by atoms with E-state index in [1.165, 1.54) is 77.0 Å². The number of hydrogen-bond acceptors (Lipinski definition) is 3. The van der Waals surface area contributed by atoms with Gasteiger partial charge in [-0.2, -0.15) is 0 Å². The average molecular weight is 351 g/mol. The lowest BCUT2D eigenvalue weighted by molar-refractivity contribution is -0.153. The lowest BCUT2D eigenvalue weighted by Gasteiger charge is -2.04. The van der Waals surface area contributed by atoms with Gasteiger partial charge >= 0.3 is 11.9 Å². The van der Waals surface area contributed by atoms with Crippen LogP contribution >= 0.6 is 0 Å². The van der Waals surface area contributed by atoms with Gasteiger partial charge in [0.05, 0.1) is 12.3 Å². The van der Waals surface area contributed by atoms with Crippen LogP contribution in [0, 0.1) is 5.92 Å². The zero-order valence-corrected chi connectivity index (χ0v) is 16.3. The molecule has 1 heterocycles. The van der Waals surface area contributed by atoms with E-state index in [1.54, 1.807) is 0 Å². The smallest absolute Gasteiger partial charge is 0.317 e. The van der Waals surface area contributed by atoms with Crippen LogP contribution in [0.1, 0.15) is 110 Å². The summed E-state index contributed by atoms with van der Waals surface area (Å²) in [6, 6.07) is 0. The van der Waals surface area contributed by atoms with E-state index in [0.717, 1.165) is 19.3 Å². The van der Waals surface area contributed by atoms with Gasteiger partial charge in [0, 0.05) is 0 Å². The molecule has 0 saturated carbocycles. The third kappa shape index (κ3) is 12.0. The van der Waals surface area contributed by atoms with Crippen LogP contribution in [-0.2, 0) is 14.3 Å². The zero-order chi connectivity index (χ0) is 18.2. The van der Waals surface area contributed by atoms with Crippen molar-refractivity contribution in [2.75, 3.05) is 0 Å². The Morgan fingerprint density at radius 2 is 1.32 bits per heavy atom. The van der Waals surface area contributed by atoms with E-state index >= 15 is 0 Å². The van der Waals surface area contributed by atoms with Crippen LogP contribution in [0.25, 0.3) is 0 Å². The summed E-state index contributed by atoms with van der Waals surface area (Å²) in [7, 11) is 0. The molecule has 0 N–H and O–H groups in total. The highest BCUT2D eigenvalue weighted by Gasteiger charge is 2.32. The van der Waals surface area contributed by atoms with Crippen molar-refractivity contribution in [3.05, 3.63) is 12.2 Å². The minimum atomic E-state index is -0.349. The summed E-state index contributed by atoms with van der Waals surface area (Å²) in [5.74, 6) is -0.823. The molecule has 1 fully saturated rings. The molecule has 1 saturated heterocycles. The predicted octanol–water partition coefficient (Wildman–Crippen LogP) is 6.50. The molecule has 1 aliphatic rings. The zero-order valence-electron chi connectivity index (χ0n) is 16.3. The number of carbonyl (C=O) groups excluding carboxylic acids is 2. The van der Waals surface area contributed by atoms with Gasteiger partial charge in [-0.3, -0.25) is 9.59 Å². The fourth-order valence-corrected chi connectivity index (χ4v) is 3.38. The predicted molar refractivity (Wildman–Crippen MR) is 103 cm³/mol. The molecule has 1 aliphatic heterocycles. The van der Waals surface area contributed by atoms with Gasteiger partial charge in [0.15, 0.2) is 0 Å². The van der Waals surface area contributed by atoms with Crippen molar-refractivity contribution in [2.45, 2.75) is 110 Å². The number of allylic oxidation sites excluding steroid dienone is 2. The van der Waals surface area contributed by atoms with E-state index in [-0.39, 0.29) is 17.9 Å². The van der Waals surface area contributed by atoms with E-state index in [0.29, 0.717) is 6.42 Å². The molecule has 0 spiro atoms. The fourth-order valence-electron chi connectivity index (χ4n) is 3.38. The number of carbonyl (C=O) groups is 2. The van der Waals surface area contributed by atoms with Gasteiger partial charge in [-0.05, 0) is 32.1 Å². The normalized spacial score (nSPS) is 17.6. The number of ether oxygens (including phenoxy) is 1. The third-order valence-corrected chi connectivity index (χ3v) is 5.03. The van der Waals surface area contributed by atoms with E-state index < -0.39 is 0 Å². The Morgan fingerprint density at radius 1 is 0.800 bits per heavy atom. The Hall–Kier alpha value is -1.12. The standard InChI is InChI=1S/C22H38O3/c1-2-3-4-5-6-7-8-9-10-11-12-13-14-15-16-17-18-20-19-21(23)25-22(20)24/h10-11,20H,2-9,12-19H2,1H3. The van der Waals surface area contributed by atoms with Crippen LogP contribution in [-0.4, -0.2) is 11.9 Å². The molecular formula is C22H38O3. The molecule has 1 unspecified atom stereocenters. The first-order valence-corrected chi connectivity index (χ1v) is 10.6. The third-order valence-electron chi connectivity index (χ3n) is 5.03. The molecule has 1 rings (SSSR count). The molecule has 0 aromatic heterocycles. The van der Waals surface area contributed by atoms with Gasteiger partial charge in [-0.25, -0.2) is 0 Å². The van der Waals surface area contributed by atoms with Gasteiger partial charge in [-0.1, -0.05) is 83.3 Å². The molecule has 0 aromatic carbocycles. The van der Waals surface area contributed by atoms with Crippen LogP contribution in [0.15, 0.2) is 12.2 Å². The van der Waals surface area contributed by atoms with E-state index in [2.05, 4.69) is 23.8 Å². The first kappa shape index (κ1) is 21.9. The summed E-state index contributed by atoms with van der Waals surface area (Å²) in [6.45, 7) is 2.27. The molecule has 0 aliphatic carbocycles. The molecule has 1 atom stereocenters. The molecule has 3 nitrogen and oxygen atoms in total. The van der Waals surface area contributed by atoms with Crippen LogP contribution in [0.5, 0.6) is 0 Å². The van der Waals surface area contributed by atoms with Crippen molar-refractivity contribution < 1.29 is 14.3 Å². The van der Waals surface area contributed by atoms with Gasteiger partial charge in [-0.15, -0.1) is 0 Å². The molecule has 144 valence electrons. The maximum atomic E-state index is 11.3. The van der Waals surface area contributed by atoms with Crippen LogP contribution < -0.4 is 0 Å². The monoisotopic (exact) mass is 350 g/mol. The lowest BCUT2D eigenvalue weighted by Crippen LogP contribution is -2.06. The number of cyclic esters (lactones) is 2. The van der Waals surface area contributed by atoms with Crippen molar-refractivity contribution in [3.63, 3.8) is 0 Å². The second kappa shape index (κ2) is 15.2. The van der Waals surface area contributed by atoms with E-state index in [4.69, 9.17) is 0 Å². The van der Waals surface area contributed by atoms with Gasteiger partial charge < -0.3 is 4.74 Å². The molecule has 25 heavy (non-hydrogen) atoms. The largest absolute Gasteiger partial charge is 0.393 e. The van der Waals surface area contributed by atoms with Crippen LogP contribution in [0.2, 0.25) is 0 Å². The fraction of sp³-hybridized carbons (Fsp3) is 0.818. The summed E-state index contributed by atoms with van der Waals surface area (Å²) >= 11 is 0. The Balaban J connectivity index is 1.78. The Kier molecular flexibility index (Phi) is 13.3. The highest BCUT2D eigenvalue weighted by molar-refractivity contribution is 5.94. The van der Waals surface area contributed by atoms with E-state index in [1.807, 2.05) is 0 Å². The summed E-state index contributed by atoms with van der Waals surface area (Å²) in [6.07, 6.45) is 23.8. The van der Waals surface area contributed by atoms with Crippen molar-refractivity contribution in [2.24, 2.45) is 5.92 Å². The lowest BCUT2D eigenvalue weighted by atomic mass is 9.99. The van der Waals surface area contributed by atoms with Crippen molar-refractivity contribution in [1.82, 2.24) is 0 Å². The Morgan fingerprint density at radius 3 is 1.84 bits per heavy atom. The van der Waals surface area contributed by atoms with Crippen molar-refractivity contribution in [3.8, 4) is 0 Å². The first-order chi connectivity index (χ1) is 12.2. The quantitative estimate of drug-likeness (QED) is 0.138. The molecule has 0 radical (unpaired) electrons. The van der Waals surface area contributed by atoms with Gasteiger partial charge in [0.25, 0.3) is 0 Å². The van der Waals surface area contributed by atoms with Crippen LogP contribution in [0.4, 0.5) is 0 Å². The second-order valence-electron chi connectivity index (χ2n) is 7.42. The second-order valence-corrected chi connectivity index (χ2v) is 7.42. The van der Waals surface area contributed by atoms with Gasteiger partial charge in [0.2, 0.25) is 0 Å². The van der Waals surface area contributed by atoms with Crippen molar-refractivity contribution >= 4 is 11.9 Å². The first-order valence-electron chi connectivity index (χ1n) is 10.6. The number of esters is 2. The van der Waals surface area contributed by atoms with Gasteiger partial charge in [0.1, 0.15) is 0 Å². The molecule has 0 bridgehead atoms. The summed E-state index contributed by atoms with van der Waals surface area (Å²) in [5, 5.41) is 0. The highest BCUT2D eigenvalue weighted by Crippen LogP contribution is 2.22. The molecular weight excluding hydrogens is 312 g/mol. The molecule has 0 amide bonds. The molecule has 0 aromatic rings. The minimum absolute atomic E-state index is 0.165. The SMILES string of the molecule is CCCCCCCCCC=CCCCCCCCC1CC(=O)OC1=O. The summed E-state index contributed by atoms with van der Waals surface area (Å²) in [4.78, 5) is 22.3. The number of unbranched alkanes of at least 4 members (excludes halogenated alkanes) is 12. The van der Waals surface area contributed by atoms with E-state index in [9.17, 15) is 9.59 Å². The average Bonchev–Trinajstić information content (AvgIpc) is 2.92. The minimum Gasteiger partial charge on any atom is -0.393 e. The van der Waals surface area contributed by atoms with Crippen molar-refractivity contribution in [1.29, 1.82) is 0 Å². The Bertz CT molecular complexity index is 387. The topological polar surface area (TPSA) is 43.4 Å². The Labute approximate surface area is 154 Å². The summed E-state index contributed by atoms with van der Waals surface area (Å²) < 4.78 is 4.57. The summed E-state index contributed by atoms with van der Waals surface area (Å²) in [5.41, 5.74) is 0. The van der Waals surface area contributed by atoms with Crippen LogP contribution in [0.3, 0.4) is 0 Å². The molecule has 3 heteroatoms. The maximum Gasteiger partial charge on any atom is 0.317 e. The number of rotatable bonds is 16. The maximum absolute atomic E-state index is 11.3. The highest BCUT2D eigenvalue weighted by atomic mass is 16.6.